The summed E-state index contributed by atoms with van der Waals surface area (Å²) in [5.41, 5.74) is 3.89. The lowest BCUT2D eigenvalue weighted by molar-refractivity contribution is -0.126. The molecule has 0 N–H and O–H groups in total. The monoisotopic (exact) mass is 232 g/mol. The van der Waals surface area contributed by atoms with E-state index in [-0.39, 0.29) is 5.41 Å². The van der Waals surface area contributed by atoms with Crippen molar-refractivity contribution in [2.45, 2.75) is 71.6 Å². The summed E-state index contributed by atoms with van der Waals surface area (Å²) < 4.78 is 0. The van der Waals surface area contributed by atoms with Crippen molar-refractivity contribution >= 4 is 5.78 Å². The molecule has 1 fully saturated rings. The van der Waals surface area contributed by atoms with E-state index in [4.69, 9.17) is 0 Å². The fourth-order valence-electron chi connectivity index (χ4n) is 4.54. The van der Waals surface area contributed by atoms with Gasteiger partial charge >= 0.3 is 0 Å². The van der Waals surface area contributed by atoms with Crippen molar-refractivity contribution in [3.8, 4) is 0 Å². The van der Waals surface area contributed by atoms with Gasteiger partial charge in [0, 0.05) is 11.8 Å². The van der Waals surface area contributed by atoms with Crippen LogP contribution < -0.4 is 0 Å². The van der Waals surface area contributed by atoms with E-state index in [0.29, 0.717) is 11.2 Å². The Hall–Kier alpha value is -0.590. The number of carbonyl (C=O) groups excluding carboxylic acids is 1. The molecule has 0 heterocycles. The van der Waals surface area contributed by atoms with Gasteiger partial charge in [-0.2, -0.15) is 0 Å². The molecule has 3 rings (SSSR count). The average Bonchev–Trinajstić information content (AvgIpc) is 2.59. The van der Waals surface area contributed by atoms with Crippen LogP contribution in [0.4, 0.5) is 0 Å². The SMILES string of the molecule is CC1(C)CCCC2=C1CCC1(CCCC1=O)C2. The zero-order valence-electron chi connectivity index (χ0n) is 11.3. The minimum atomic E-state index is 0.0895. The molecule has 1 saturated carbocycles. The van der Waals surface area contributed by atoms with Crippen LogP contribution in [0.25, 0.3) is 0 Å². The van der Waals surface area contributed by atoms with Gasteiger partial charge in [-0.05, 0) is 56.8 Å². The standard InChI is InChI=1S/C16H24O/c1-15(2)8-3-5-12-11-16(10-7-13(12)15)9-4-6-14(16)17/h3-11H2,1-2H3. The Bertz CT molecular complexity index is 388. The number of hydrogen-bond acceptors (Lipinski definition) is 1. The third-order valence-electron chi connectivity index (χ3n) is 5.58. The van der Waals surface area contributed by atoms with E-state index in [1.807, 2.05) is 0 Å². The van der Waals surface area contributed by atoms with Gasteiger partial charge in [-0.25, -0.2) is 0 Å². The second-order valence-electron chi connectivity index (χ2n) is 7.05. The van der Waals surface area contributed by atoms with Crippen molar-refractivity contribution in [3.63, 3.8) is 0 Å². The summed E-state index contributed by atoms with van der Waals surface area (Å²) in [6.07, 6.45) is 10.6. The molecule has 3 aliphatic carbocycles. The zero-order valence-corrected chi connectivity index (χ0v) is 11.3. The van der Waals surface area contributed by atoms with Crippen molar-refractivity contribution in [2.24, 2.45) is 10.8 Å². The Morgan fingerprint density at radius 1 is 0.941 bits per heavy atom. The Balaban J connectivity index is 1.93. The third-order valence-corrected chi connectivity index (χ3v) is 5.58. The molecule has 1 unspecified atom stereocenters. The van der Waals surface area contributed by atoms with Gasteiger partial charge in [-0.3, -0.25) is 4.79 Å². The maximum atomic E-state index is 12.2. The summed E-state index contributed by atoms with van der Waals surface area (Å²) in [6, 6.07) is 0. The lowest BCUT2D eigenvalue weighted by Gasteiger charge is -2.43. The molecule has 0 aromatic heterocycles. The van der Waals surface area contributed by atoms with Crippen LogP contribution in [0.5, 0.6) is 0 Å². The van der Waals surface area contributed by atoms with Crippen molar-refractivity contribution < 1.29 is 4.79 Å². The summed E-state index contributed by atoms with van der Waals surface area (Å²) in [5.74, 6) is 0.576. The van der Waals surface area contributed by atoms with Gasteiger partial charge in [0.15, 0.2) is 0 Å². The van der Waals surface area contributed by atoms with E-state index in [2.05, 4.69) is 13.8 Å². The Labute approximate surface area is 105 Å². The van der Waals surface area contributed by atoms with Crippen molar-refractivity contribution in [1.29, 1.82) is 0 Å². The molecule has 1 nitrogen and oxygen atoms in total. The van der Waals surface area contributed by atoms with E-state index in [9.17, 15) is 4.79 Å². The first-order chi connectivity index (χ1) is 8.04. The highest BCUT2D eigenvalue weighted by molar-refractivity contribution is 5.87. The predicted octanol–water partition coefficient (Wildman–Crippen LogP) is 4.42. The van der Waals surface area contributed by atoms with Crippen LogP contribution in [0.3, 0.4) is 0 Å². The molecule has 0 amide bonds. The molecule has 0 aromatic rings. The van der Waals surface area contributed by atoms with Crippen molar-refractivity contribution in [3.05, 3.63) is 11.1 Å². The molecule has 0 aromatic carbocycles. The van der Waals surface area contributed by atoms with Gasteiger partial charge in [0.2, 0.25) is 0 Å². The fourth-order valence-corrected chi connectivity index (χ4v) is 4.54. The zero-order chi connectivity index (χ0) is 12.1. The third kappa shape index (κ3) is 1.70. The largest absolute Gasteiger partial charge is 0.299 e. The first kappa shape index (κ1) is 11.5. The number of rotatable bonds is 0. The molecule has 17 heavy (non-hydrogen) atoms. The lowest BCUT2D eigenvalue weighted by atomic mass is 9.61. The summed E-state index contributed by atoms with van der Waals surface area (Å²) in [5, 5.41) is 0. The highest BCUT2D eigenvalue weighted by atomic mass is 16.1. The fraction of sp³-hybridized carbons (Fsp3) is 0.812. The minimum absolute atomic E-state index is 0.0895. The molecule has 1 heteroatoms. The van der Waals surface area contributed by atoms with E-state index < -0.39 is 0 Å². The first-order valence-electron chi connectivity index (χ1n) is 7.28. The molecule has 0 aliphatic heterocycles. The first-order valence-corrected chi connectivity index (χ1v) is 7.28. The van der Waals surface area contributed by atoms with Gasteiger partial charge in [-0.15, -0.1) is 0 Å². The molecule has 0 saturated heterocycles. The van der Waals surface area contributed by atoms with Crippen molar-refractivity contribution in [1.82, 2.24) is 0 Å². The molecule has 94 valence electrons. The molecule has 3 aliphatic rings. The predicted molar refractivity (Wildman–Crippen MR) is 69.8 cm³/mol. The summed E-state index contributed by atoms with van der Waals surface area (Å²) in [4.78, 5) is 12.2. The minimum Gasteiger partial charge on any atom is -0.299 e. The molecule has 0 bridgehead atoms. The topological polar surface area (TPSA) is 17.1 Å². The van der Waals surface area contributed by atoms with Crippen molar-refractivity contribution in [2.75, 3.05) is 0 Å². The quantitative estimate of drug-likeness (QED) is 0.565. The lowest BCUT2D eigenvalue weighted by Crippen LogP contribution is -2.34. The van der Waals surface area contributed by atoms with Gasteiger partial charge in [0.25, 0.3) is 0 Å². The average molecular weight is 232 g/mol. The van der Waals surface area contributed by atoms with Gasteiger partial charge in [0.05, 0.1) is 0 Å². The maximum Gasteiger partial charge on any atom is 0.139 e. The maximum absolute atomic E-state index is 12.2. The van der Waals surface area contributed by atoms with Gasteiger partial charge in [-0.1, -0.05) is 25.0 Å². The van der Waals surface area contributed by atoms with Crippen LogP contribution in [-0.4, -0.2) is 5.78 Å². The number of allylic oxidation sites excluding steroid dienone is 2. The van der Waals surface area contributed by atoms with Crippen LogP contribution in [0, 0.1) is 10.8 Å². The molecular weight excluding hydrogens is 208 g/mol. The molecule has 1 atom stereocenters. The van der Waals surface area contributed by atoms with Crippen LogP contribution in [0.1, 0.15) is 71.6 Å². The Kier molecular flexibility index (Phi) is 2.50. The van der Waals surface area contributed by atoms with E-state index in [1.165, 1.54) is 32.1 Å². The number of ketones is 1. The normalized spacial score (nSPS) is 36.5. The van der Waals surface area contributed by atoms with E-state index >= 15 is 0 Å². The second kappa shape index (κ2) is 3.70. The van der Waals surface area contributed by atoms with E-state index in [1.54, 1.807) is 11.1 Å². The van der Waals surface area contributed by atoms with Gasteiger partial charge < -0.3 is 0 Å². The Morgan fingerprint density at radius 2 is 1.71 bits per heavy atom. The number of hydrogen-bond donors (Lipinski definition) is 0. The summed E-state index contributed by atoms with van der Waals surface area (Å²) in [6.45, 7) is 4.80. The molecule has 1 spiro atoms. The van der Waals surface area contributed by atoms with Gasteiger partial charge in [0.1, 0.15) is 5.78 Å². The van der Waals surface area contributed by atoms with Crippen LogP contribution in [0.15, 0.2) is 11.1 Å². The van der Waals surface area contributed by atoms with E-state index in [0.717, 1.165) is 25.7 Å². The van der Waals surface area contributed by atoms with Crippen LogP contribution in [0.2, 0.25) is 0 Å². The smallest absolute Gasteiger partial charge is 0.139 e. The highest BCUT2D eigenvalue weighted by Gasteiger charge is 2.46. The molecule has 0 radical (unpaired) electrons. The summed E-state index contributed by atoms with van der Waals surface area (Å²) in [7, 11) is 0. The van der Waals surface area contributed by atoms with Crippen LogP contribution >= 0.6 is 0 Å². The second-order valence-corrected chi connectivity index (χ2v) is 7.05. The Morgan fingerprint density at radius 3 is 2.41 bits per heavy atom. The number of carbonyl (C=O) groups is 1. The number of Topliss-reactive ketones (excluding diaryl/α,β-unsaturated/α-hetero) is 1. The summed E-state index contributed by atoms with van der Waals surface area (Å²) >= 11 is 0. The molecular formula is C16H24O. The van der Waals surface area contributed by atoms with Crippen LogP contribution in [-0.2, 0) is 4.79 Å². The highest BCUT2D eigenvalue weighted by Crippen LogP contribution is 2.55.